The molecule has 7 nitrogen and oxygen atoms in total. The molecule has 3 aromatic rings. The molecule has 1 amide bonds. The number of benzene rings is 1. The maximum atomic E-state index is 12.3. The van der Waals surface area contributed by atoms with E-state index < -0.39 is 0 Å². The summed E-state index contributed by atoms with van der Waals surface area (Å²) in [5.74, 6) is 2.71. The monoisotopic (exact) mass is 339 g/mol. The summed E-state index contributed by atoms with van der Waals surface area (Å²) >= 11 is 0. The first-order valence-corrected chi connectivity index (χ1v) is 7.94. The maximum absolute atomic E-state index is 12.3. The molecule has 0 spiro atoms. The minimum Gasteiger partial charge on any atom is -0.463 e. The standard InChI is InChI=1S/C18H17N3O4/c1-21-10-13(14-3-2-8-23-14)20-17(21)6-7-19-18(22)12-4-5-15-16(9-12)25-11-24-15/h2-5,8-10H,6-7,11H2,1H3,(H,19,22). The van der Waals surface area contributed by atoms with Gasteiger partial charge in [-0.25, -0.2) is 4.98 Å². The molecule has 1 aromatic carbocycles. The van der Waals surface area contributed by atoms with E-state index in [1.807, 2.05) is 29.9 Å². The van der Waals surface area contributed by atoms with Gasteiger partial charge in [-0.15, -0.1) is 0 Å². The van der Waals surface area contributed by atoms with Crippen molar-refractivity contribution >= 4 is 5.91 Å². The molecule has 1 N–H and O–H groups in total. The summed E-state index contributed by atoms with van der Waals surface area (Å²) in [4.78, 5) is 16.8. The van der Waals surface area contributed by atoms with Crippen molar-refractivity contribution in [1.82, 2.24) is 14.9 Å². The molecule has 0 atom stereocenters. The van der Waals surface area contributed by atoms with Gasteiger partial charge in [0.25, 0.3) is 5.91 Å². The smallest absolute Gasteiger partial charge is 0.251 e. The number of imidazole rings is 1. The van der Waals surface area contributed by atoms with E-state index in [9.17, 15) is 4.79 Å². The lowest BCUT2D eigenvalue weighted by atomic mass is 10.2. The van der Waals surface area contributed by atoms with Gasteiger partial charge in [0.05, 0.1) is 6.26 Å². The first kappa shape index (κ1) is 15.3. The number of nitrogens with zero attached hydrogens (tertiary/aromatic N) is 2. The SMILES string of the molecule is Cn1cc(-c2ccco2)nc1CCNC(=O)c1ccc2c(c1)OCO2. The quantitative estimate of drug-likeness (QED) is 0.772. The maximum Gasteiger partial charge on any atom is 0.251 e. The van der Waals surface area contributed by atoms with Crippen LogP contribution in [-0.4, -0.2) is 28.8 Å². The van der Waals surface area contributed by atoms with E-state index in [-0.39, 0.29) is 12.7 Å². The van der Waals surface area contributed by atoms with E-state index in [4.69, 9.17) is 13.9 Å². The van der Waals surface area contributed by atoms with Gasteiger partial charge in [-0.3, -0.25) is 4.79 Å². The van der Waals surface area contributed by atoms with Gasteiger partial charge in [-0.05, 0) is 30.3 Å². The fourth-order valence-electron chi connectivity index (χ4n) is 2.71. The summed E-state index contributed by atoms with van der Waals surface area (Å²) in [5.41, 5.74) is 1.32. The average molecular weight is 339 g/mol. The Morgan fingerprint density at radius 1 is 1.28 bits per heavy atom. The number of aromatic nitrogens is 2. The summed E-state index contributed by atoms with van der Waals surface area (Å²) in [6.45, 7) is 0.674. The molecule has 0 unspecified atom stereocenters. The molecule has 7 heteroatoms. The number of ether oxygens (including phenoxy) is 2. The number of hydrogen-bond donors (Lipinski definition) is 1. The van der Waals surface area contributed by atoms with Crippen LogP contribution in [0.15, 0.2) is 47.2 Å². The second-order valence-corrected chi connectivity index (χ2v) is 5.70. The molecule has 25 heavy (non-hydrogen) atoms. The van der Waals surface area contributed by atoms with Crippen LogP contribution in [0, 0.1) is 0 Å². The summed E-state index contributed by atoms with van der Waals surface area (Å²) in [6.07, 6.45) is 4.15. The Morgan fingerprint density at radius 3 is 3.00 bits per heavy atom. The number of fused-ring (bicyclic) bond motifs is 1. The zero-order chi connectivity index (χ0) is 17.2. The molecule has 0 saturated heterocycles. The highest BCUT2D eigenvalue weighted by molar-refractivity contribution is 5.94. The fraction of sp³-hybridized carbons (Fsp3) is 0.222. The van der Waals surface area contributed by atoms with Gasteiger partial charge >= 0.3 is 0 Å². The lowest BCUT2D eigenvalue weighted by Crippen LogP contribution is -2.26. The Balaban J connectivity index is 1.37. The Kier molecular flexibility index (Phi) is 3.89. The number of amides is 1. The van der Waals surface area contributed by atoms with Gasteiger partial charge in [0.2, 0.25) is 6.79 Å². The van der Waals surface area contributed by atoms with Crippen LogP contribution in [0.3, 0.4) is 0 Å². The van der Waals surface area contributed by atoms with Gasteiger partial charge in [0, 0.05) is 31.8 Å². The van der Waals surface area contributed by atoms with Crippen LogP contribution >= 0.6 is 0 Å². The largest absolute Gasteiger partial charge is 0.463 e. The highest BCUT2D eigenvalue weighted by Gasteiger charge is 2.16. The van der Waals surface area contributed by atoms with E-state index in [1.54, 1.807) is 24.5 Å². The van der Waals surface area contributed by atoms with E-state index in [1.165, 1.54) is 0 Å². The third-order valence-corrected chi connectivity index (χ3v) is 4.02. The third-order valence-electron chi connectivity index (χ3n) is 4.02. The fourth-order valence-corrected chi connectivity index (χ4v) is 2.71. The van der Waals surface area contributed by atoms with E-state index in [0.717, 1.165) is 17.3 Å². The Labute approximate surface area is 144 Å². The van der Waals surface area contributed by atoms with Crippen LogP contribution in [-0.2, 0) is 13.5 Å². The number of nitrogens with one attached hydrogen (secondary N) is 1. The number of aryl methyl sites for hydroxylation is 1. The summed E-state index contributed by atoms with van der Waals surface area (Å²) < 4.78 is 17.8. The highest BCUT2D eigenvalue weighted by atomic mass is 16.7. The van der Waals surface area contributed by atoms with Gasteiger partial charge < -0.3 is 23.8 Å². The molecular weight excluding hydrogens is 322 g/mol. The number of carbonyl (C=O) groups is 1. The topological polar surface area (TPSA) is 78.5 Å². The van der Waals surface area contributed by atoms with Crippen molar-refractivity contribution in [3.63, 3.8) is 0 Å². The summed E-state index contributed by atoms with van der Waals surface area (Å²) in [7, 11) is 1.93. The predicted molar refractivity (Wildman–Crippen MR) is 89.5 cm³/mol. The van der Waals surface area contributed by atoms with Crippen molar-refractivity contribution in [2.45, 2.75) is 6.42 Å². The average Bonchev–Trinajstić information content (AvgIpc) is 3.35. The second kappa shape index (κ2) is 6.35. The molecular formula is C18H17N3O4. The van der Waals surface area contributed by atoms with Gasteiger partial charge in [-0.1, -0.05) is 0 Å². The van der Waals surface area contributed by atoms with Gasteiger partial charge in [0.15, 0.2) is 17.3 Å². The number of hydrogen-bond acceptors (Lipinski definition) is 5. The molecule has 0 bridgehead atoms. The van der Waals surface area contributed by atoms with Crippen molar-refractivity contribution in [2.24, 2.45) is 7.05 Å². The molecule has 3 heterocycles. The Bertz CT molecular complexity index is 899. The summed E-state index contributed by atoms with van der Waals surface area (Å²) in [5, 5.41) is 2.90. The lowest BCUT2D eigenvalue weighted by Gasteiger charge is -2.06. The first-order valence-electron chi connectivity index (χ1n) is 7.94. The van der Waals surface area contributed by atoms with E-state index in [0.29, 0.717) is 30.0 Å². The Morgan fingerprint density at radius 2 is 2.16 bits per heavy atom. The zero-order valence-electron chi connectivity index (χ0n) is 13.7. The van der Waals surface area contributed by atoms with Crippen LogP contribution in [0.2, 0.25) is 0 Å². The lowest BCUT2D eigenvalue weighted by molar-refractivity contribution is 0.0953. The molecule has 4 rings (SSSR count). The zero-order valence-corrected chi connectivity index (χ0v) is 13.7. The van der Waals surface area contributed by atoms with Crippen molar-refractivity contribution < 1.29 is 18.7 Å². The van der Waals surface area contributed by atoms with Crippen LogP contribution < -0.4 is 14.8 Å². The third kappa shape index (κ3) is 3.08. The van der Waals surface area contributed by atoms with Crippen LogP contribution in [0.4, 0.5) is 0 Å². The molecule has 1 aliphatic heterocycles. The molecule has 128 valence electrons. The molecule has 0 saturated carbocycles. The van der Waals surface area contributed by atoms with Crippen LogP contribution in [0.1, 0.15) is 16.2 Å². The van der Waals surface area contributed by atoms with E-state index in [2.05, 4.69) is 10.3 Å². The van der Waals surface area contributed by atoms with Crippen molar-refractivity contribution in [2.75, 3.05) is 13.3 Å². The van der Waals surface area contributed by atoms with Crippen LogP contribution in [0.25, 0.3) is 11.5 Å². The Hall–Kier alpha value is -3.22. The second-order valence-electron chi connectivity index (χ2n) is 5.70. The summed E-state index contributed by atoms with van der Waals surface area (Å²) in [6, 6.07) is 8.85. The molecule has 0 aliphatic carbocycles. The van der Waals surface area contributed by atoms with Crippen molar-refractivity contribution in [1.29, 1.82) is 0 Å². The minimum absolute atomic E-state index is 0.154. The molecule has 0 fully saturated rings. The molecule has 1 aliphatic rings. The minimum atomic E-state index is -0.154. The van der Waals surface area contributed by atoms with Crippen molar-refractivity contribution in [3.05, 3.63) is 54.2 Å². The van der Waals surface area contributed by atoms with Gasteiger partial charge in [0.1, 0.15) is 11.5 Å². The van der Waals surface area contributed by atoms with Gasteiger partial charge in [-0.2, -0.15) is 0 Å². The number of carbonyl (C=O) groups excluding carboxylic acids is 1. The first-order chi connectivity index (χ1) is 12.2. The van der Waals surface area contributed by atoms with Crippen molar-refractivity contribution in [3.8, 4) is 23.0 Å². The molecule has 2 aromatic heterocycles. The predicted octanol–water partition coefficient (Wildman–Crippen LogP) is 2.38. The highest BCUT2D eigenvalue weighted by Crippen LogP contribution is 2.32. The number of furan rings is 1. The number of rotatable bonds is 5. The van der Waals surface area contributed by atoms with Crippen LogP contribution in [0.5, 0.6) is 11.5 Å². The van der Waals surface area contributed by atoms with E-state index >= 15 is 0 Å². The molecule has 0 radical (unpaired) electrons. The normalized spacial score (nSPS) is 12.4.